The van der Waals surface area contributed by atoms with Gasteiger partial charge in [0.2, 0.25) is 5.91 Å². The Balaban J connectivity index is 1.60. The molecule has 6 rings (SSSR count). The van der Waals surface area contributed by atoms with E-state index in [9.17, 15) is 9.90 Å². The number of nitrogens with zero attached hydrogens (tertiary/aromatic N) is 3. The van der Waals surface area contributed by atoms with Gasteiger partial charge < -0.3 is 15.7 Å². The fourth-order valence-electron chi connectivity index (χ4n) is 6.79. The lowest BCUT2D eigenvalue weighted by Crippen LogP contribution is -2.20. The van der Waals surface area contributed by atoms with Crippen LogP contribution in [0.2, 0.25) is 0 Å². The molecule has 1 aliphatic carbocycles. The minimum Gasteiger partial charge on any atom is -0.511 e. The number of fused-ring (bicyclic) bond motifs is 5. The molecule has 3 N–H and O–H groups in total. The van der Waals surface area contributed by atoms with Crippen LogP contribution >= 0.6 is 0 Å². The van der Waals surface area contributed by atoms with Crippen LogP contribution in [0, 0.1) is 11.8 Å². The van der Waals surface area contributed by atoms with Crippen LogP contribution in [-0.4, -0.2) is 35.2 Å². The van der Waals surface area contributed by atoms with Gasteiger partial charge in [-0.15, -0.1) is 0 Å². The lowest BCUT2D eigenvalue weighted by Gasteiger charge is -2.17. The molecular formula is C34H37N5O2. The summed E-state index contributed by atoms with van der Waals surface area (Å²) in [7, 11) is 1.67. The molecule has 5 heterocycles. The zero-order valence-corrected chi connectivity index (χ0v) is 24.7. The Labute approximate surface area is 241 Å². The standard InChI is InChI=1S/C34H37N5O2/c1-8-20-16(3)24-13-26-18(5)22(10-11-31(41)35-7)33(38-26)23-12-30(40)32-19(6)27(39-34(23)32)15-29-21(9-2)17(4)25(37-29)14-28(20)36-24/h8,13-15,18,22,38,40H,1,9-12H2,2-7H3,(H,35,41)/t18-,22-/m0/s1. The lowest BCUT2D eigenvalue weighted by molar-refractivity contribution is -0.120. The van der Waals surface area contributed by atoms with Gasteiger partial charge >= 0.3 is 0 Å². The van der Waals surface area contributed by atoms with Crippen LogP contribution in [0.15, 0.2) is 119 Å². The van der Waals surface area contributed by atoms with E-state index in [0.29, 0.717) is 25.0 Å². The predicted molar refractivity (Wildman–Crippen MR) is 166 cm³/mol. The quantitative estimate of drug-likeness (QED) is 0.373. The second-order valence-electron chi connectivity index (χ2n) is 11.4. The summed E-state index contributed by atoms with van der Waals surface area (Å²) in [4.78, 5) is 27.5. The summed E-state index contributed by atoms with van der Waals surface area (Å²) >= 11 is 0. The molecule has 5 aliphatic heterocycles. The number of amides is 1. The van der Waals surface area contributed by atoms with E-state index in [1.807, 2.05) is 13.0 Å². The van der Waals surface area contributed by atoms with Gasteiger partial charge in [-0.1, -0.05) is 26.5 Å². The average molecular weight is 548 g/mol. The summed E-state index contributed by atoms with van der Waals surface area (Å²) in [6.07, 6.45) is 10.5. The molecule has 0 radical (unpaired) electrons. The van der Waals surface area contributed by atoms with Gasteiger partial charge in [0.15, 0.2) is 0 Å². The SMILES string of the molecule is C=CC1=C(C)C2=NC1=CC1=NC(=CC3=C(C)C4=C(O)CC(=C5NC(=C2)[C@@H](C)[C@@H]5CCC(=O)NC)C4=N3)C(CC)=C1C. The maximum Gasteiger partial charge on any atom is 0.219 e. The van der Waals surface area contributed by atoms with Crippen molar-refractivity contribution in [1.29, 1.82) is 0 Å². The van der Waals surface area contributed by atoms with Gasteiger partial charge in [0.1, 0.15) is 5.76 Å². The normalized spacial score (nSPS) is 24.9. The van der Waals surface area contributed by atoms with Gasteiger partial charge in [-0.2, -0.15) is 0 Å². The molecule has 0 saturated carbocycles. The van der Waals surface area contributed by atoms with Crippen LogP contribution in [0.3, 0.4) is 0 Å². The third-order valence-corrected chi connectivity index (χ3v) is 9.27. The van der Waals surface area contributed by atoms with Crippen molar-refractivity contribution < 1.29 is 9.90 Å². The molecule has 7 nitrogen and oxygen atoms in total. The molecule has 1 fully saturated rings. The summed E-state index contributed by atoms with van der Waals surface area (Å²) in [5.74, 6) is 0.553. The number of rotatable bonds is 5. The van der Waals surface area contributed by atoms with Crippen molar-refractivity contribution in [2.75, 3.05) is 7.05 Å². The van der Waals surface area contributed by atoms with Crippen LogP contribution in [0.5, 0.6) is 0 Å². The minimum absolute atomic E-state index is 0.0193. The topological polar surface area (TPSA) is 98.4 Å². The first-order valence-electron chi connectivity index (χ1n) is 14.5. The highest BCUT2D eigenvalue weighted by Gasteiger charge is 2.41. The third kappa shape index (κ3) is 4.17. The van der Waals surface area contributed by atoms with Crippen LogP contribution in [0.25, 0.3) is 0 Å². The number of carbonyl (C=O) groups excluding carboxylic acids is 1. The maximum absolute atomic E-state index is 12.3. The highest BCUT2D eigenvalue weighted by Crippen LogP contribution is 2.46. The maximum atomic E-state index is 12.3. The average Bonchev–Trinajstić information content (AvgIpc) is 3.70. The summed E-state index contributed by atoms with van der Waals surface area (Å²) in [6, 6.07) is 0. The lowest BCUT2D eigenvalue weighted by atomic mass is 9.86. The van der Waals surface area contributed by atoms with Crippen LogP contribution in [-0.2, 0) is 4.79 Å². The van der Waals surface area contributed by atoms with Crippen molar-refractivity contribution in [3.8, 4) is 0 Å². The molecule has 0 aromatic heterocycles. The zero-order valence-electron chi connectivity index (χ0n) is 24.7. The van der Waals surface area contributed by atoms with E-state index in [1.165, 1.54) is 5.57 Å². The fourth-order valence-corrected chi connectivity index (χ4v) is 6.79. The van der Waals surface area contributed by atoms with Crippen molar-refractivity contribution >= 4 is 23.0 Å². The van der Waals surface area contributed by atoms with E-state index in [1.54, 1.807) is 7.05 Å². The van der Waals surface area contributed by atoms with E-state index >= 15 is 0 Å². The second kappa shape index (κ2) is 9.98. The van der Waals surface area contributed by atoms with E-state index in [2.05, 4.69) is 63.1 Å². The molecule has 1 saturated heterocycles. The molecule has 0 unspecified atom stereocenters. The van der Waals surface area contributed by atoms with Crippen LogP contribution < -0.4 is 10.6 Å². The third-order valence-electron chi connectivity index (χ3n) is 9.27. The van der Waals surface area contributed by atoms with E-state index < -0.39 is 0 Å². The van der Waals surface area contributed by atoms with Crippen molar-refractivity contribution in [1.82, 2.24) is 10.6 Å². The summed E-state index contributed by atoms with van der Waals surface area (Å²) in [6.45, 7) is 14.7. The summed E-state index contributed by atoms with van der Waals surface area (Å²) in [5, 5.41) is 17.7. The summed E-state index contributed by atoms with van der Waals surface area (Å²) in [5.41, 5.74) is 14.5. The molecule has 2 atom stereocenters. The number of aliphatic hydroxyl groups is 1. The first-order valence-corrected chi connectivity index (χ1v) is 14.5. The summed E-state index contributed by atoms with van der Waals surface area (Å²) < 4.78 is 0. The van der Waals surface area contributed by atoms with Gasteiger partial charge in [0.05, 0.1) is 34.2 Å². The van der Waals surface area contributed by atoms with Gasteiger partial charge in [0.25, 0.3) is 0 Å². The van der Waals surface area contributed by atoms with Gasteiger partial charge in [-0.25, -0.2) is 15.0 Å². The molecule has 6 aliphatic rings. The molecule has 7 heteroatoms. The molecule has 0 spiro atoms. The van der Waals surface area contributed by atoms with Crippen molar-refractivity contribution in [3.63, 3.8) is 0 Å². The van der Waals surface area contributed by atoms with E-state index in [0.717, 1.165) is 85.5 Å². The molecular weight excluding hydrogens is 510 g/mol. The molecule has 41 heavy (non-hydrogen) atoms. The van der Waals surface area contributed by atoms with E-state index in [4.69, 9.17) is 15.0 Å². The largest absolute Gasteiger partial charge is 0.511 e. The Kier molecular flexibility index (Phi) is 6.56. The number of aliphatic imine (C=N–C) groups is 3. The Morgan fingerprint density at radius 2 is 1.83 bits per heavy atom. The van der Waals surface area contributed by atoms with Crippen molar-refractivity contribution in [3.05, 3.63) is 104 Å². The Morgan fingerprint density at radius 3 is 2.54 bits per heavy atom. The first kappa shape index (κ1) is 26.9. The zero-order chi connectivity index (χ0) is 29.2. The van der Waals surface area contributed by atoms with Crippen molar-refractivity contribution in [2.45, 2.75) is 60.3 Å². The molecule has 1 amide bonds. The molecule has 0 aromatic rings. The highest BCUT2D eigenvalue weighted by atomic mass is 16.3. The minimum atomic E-state index is 0.0193. The number of carbonyl (C=O) groups is 1. The monoisotopic (exact) mass is 547 g/mol. The Morgan fingerprint density at radius 1 is 1.10 bits per heavy atom. The Hall–Kier alpha value is -4.26. The number of allylic oxidation sites excluding steroid dienone is 12. The highest BCUT2D eigenvalue weighted by molar-refractivity contribution is 6.21. The van der Waals surface area contributed by atoms with Gasteiger partial charge in [-0.3, -0.25) is 4.79 Å². The Bertz CT molecular complexity index is 1680. The fraction of sp³-hybridized carbons (Fsp3) is 0.353. The van der Waals surface area contributed by atoms with Gasteiger partial charge in [-0.05, 0) is 74.1 Å². The predicted octanol–water partition coefficient (Wildman–Crippen LogP) is 6.37. The second-order valence-corrected chi connectivity index (χ2v) is 11.4. The number of hydrogen-bond acceptors (Lipinski definition) is 6. The van der Waals surface area contributed by atoms with E-state index in [-0.39, 0.29) is 17.7 Å². The molecule has 0 aromatic carbocycles. The van der Waals surface area contributed by atoms with Crippen molar-refractivity contribution in [2.24, 2.45) is 26.8 Å². The smallest absolute Gasteiger partial charge is 0.219 e. The molecule has 8 bridgehead atoms. The number of hydrogen-bond donors (Lipinski definition) is 3. The number of nitrogens with one attached hydrogen (secondary N) is 2. The van der Waals surface area contributed by atoms with Crippen LogP contribution in [0.4, 0.5) is 0 Å². The van der Waals surface area contributed by atoms with Gasteiger partial charge in [0, 0.05) is 59.8 Å². The molecule has 210 valence electrons. The first-order chi connectivity index (χ1) is 19.7. The number of aliphatic hydroxyl groups excluding tert-OH is 1. The van der Waals surface area contributed by atoms with Crippen LogP contribution in [0.1, 0.15) is 60.3 Å².